The average Bonchev–Trinajstić information content (AvgIpc) is 2.98. The number of rotatable bonds is 2. The first-order valence-electron chi connectivity index (χ1n) is 8.91. The lowest BCUT2D eigenvalue weighted by Crippen LogP contribution is -2.58. The van der Waals surface area contributed by atoms with Crippen LogP contribution < -0.4 is 20.7 Å². The maximum absolute atomic E-state index is 12.0. The van der Waals surface area contributed by atoms with Crippen LogP contribution in [0.25, 0.3) is 0 Å². The lowest BCUT2D eigenvalue weighted by Gasteiger charge is -2.45. The standard InChI is InChI=1S/C17H24N6O2S/c1-26(24,25)22-10-7-12-11-13(5-6-14(12)22)23-16(19)20-15(18)21-17(23)8-3-2-4-9-17/h5-6,11H,2-4,7-10H2,1H3,(H4,18,19,20,21). The Bertz CT molecular complexity index is 902. The number of sulfonamides is 1. The number of benzene rings is 1. The van der Waals surface area contributed by atoms with Crippen LogP contribution in [-0.4, -0.2) is 38.8 Å². The van der Waals surface area contributed by atoms with Crippen LogP contribution in [0.2, 0.25) is 0 Å². The summed E-state index contributed by atoms with van der Waals surface area (Å²) in [4.78, 5) is 10.8. The van der Waals surface area contributed by atoms with E-state index in [1.54, 1.807) is 0 Å². The van der Waals surface area contributed by atoms with Crippen LogP contribution in [-0.2, 0) is 16.4 Å². The summed E-state index contributed by atoms with van der Waals surface area (Å²) in [7, 11) is -3.27. The van der Waals surface area contributed by atoms with Crippen molar-refractivity contribution >= 4 is 33.3 Å². The van der Waals surface area contributed by atoms with Gasteiger partial charge in [-0.2, -0.15) is 4.99 Å². The van der Waals surface area contributed by atoms with Crippen molar-refractivity contribution in [2.75, 3.05) is 22.0 Å². The van der Waals surface area contributed by atoms with E-state index in [4.69, 9.17) is 11.5 Å². The molecule has 4 rings (SSSR count). The molecule has 2 aliphatic heterocycles. The van der Waals surface area contributed by atoms with Crippen LogP contribution in [0.4, 0.5) is 11.4 Å². The second kappa shape index (κ2) is 5.87. The molecule has 0 aromatic heterocycles. The van der Waals surface area contributed by atoms with Gasteiger partial charge >= 0.3 is 0 Å². The molecule has 0 saturated heterocycles. The number of nitrogens with two attached hydrogens (primary N) is 2. The molecule has 0 amide bonds. The fourth-order valence-electron chi connectivity index (χ4n) is 4.34. The minimum atomic E-state index is -3.27. The number of aliphatic imine (C=N–C) groups is 2. The Morgan fingerprint density at radius 2 is 1.88 bits per heavy atom. The summed E-state index contributed by atoms with van der Waals surface area (Å²) in [5.41, 5.74) is 14.3. The van der Waals surface area contributed by atoms with E-state index in [2.05, 4.69) is 9.98 Å². The molecular weight excluding hydrogens is 352 g/mol. The van der Waals surface area contributed by atoms with Gasteiger partial charge in [0, 0.05) is 12.2 Å². The lowest BCUT2D eigenvalue weighted by atomic mass is 9.87. The molecule has 9 heteroatoms. The van der Waals surface area contributed by atoms with Gasteiger partial charge in [0.05, 0.1) is 11.9 Å². The molecule has 0 unspecified atom stereocenters. The number of hydrogen-bond acceptors (Lipinski definition) is 7. The molecule has 1 saturated carbocycles. The Morgan fingerprint density at radius 1 is 1.15 bits per heavy atom. The zero-order valence-electron chi connectivity index (χ0n) is 14.9. The molecule has 140 valence electrons. The van der Waals surface area contributed by atoms with Gasteiger partial charge in [0.1, 0.15) is 5.66 Å². The van der Waals surface area contributed by atoms with Gasteiger partial charge in [-0.05, 0) is 55.9 Å². The maximum Gasteiger partial charge on any atom is 0.232 e. The third-order valence-corrected chi connectivity index (χ3v) is 6.61. The van der Waals surface area contributed by atoms with E-state index in [1.807, 2.05) is 23.1 Å². The molecule has 1 aromatic rings. The van der Waals surface area contributed by atoms with E-state index in [0.29, 0.717) is 18.9 Å². The summed E-state index contributed by atoms with van der Waals surface area (Å²) in [5, 5.41) is 0. The topological polar surface area (TPSA) is 117 Å². The zero-order chi connectivity index (χ0) is 18.5. The Balaban J connectivity index is 1.76. The van der Waals surface area contributed by atoms with Gasteiger partial charge in [-0.15, -0.1) is 0 Å². The van der Waals surface area contributed by atoms with Crippen molar-refractivity contribution in [2.24, 2.45) is 21.5 Å². The van der Waals surface area contributed by atoms with E-state index in [1.165, 1.54) is 17.0 Å². The number of hydrogen-bond donors (Lipinski definition) is 2. The lowest BCUT2D eigenvalue weighted by molar-refractivity contribution is 0.305. The monoisotopic (exact) mass is 376 g/mol. The number of fused-ring (bicyclic) bond motifs is 1. The Labute approximate surface area is 153 Å². The van der Waals surface area contributed by atoms with Crippen molar-refractivity contribution in [3.8, 4) is 0 Å². The smallest absolute Gasteiger partial charge is 0.232 e. The van der Waals surface area contributed by atoms with Gasteiger partial charge in [-0.1, -0.05) is 6.42 Å². The van der Waals surface area contributed by atoms with E-state index in [-0.39, 0.29) is 5.96 Å². The van der Waals surface area contributed by atoms with Crippen LogP contribution >= 0.6 is 0 Å². The molecule has 3 aliphatic rings. The molecule has 0 bridgehead atoms. The van der Waals surface area contributed by atoms with Crippen LogP contribution in [0.15, 0.2) is 28.2 Å². The van der Waals surface area contributed by atoms with Crippen molar-refractivity contribution in [1.29, 1.82) is 0 Å². The third-order valence-electron chi connectivity index (χ3n) is 5.43. The molecule has 8 nitrogen and oxygen atoms in total. The Morgan fingerprint density at radius 3 is 2.58 bits per heavy atom. The first kappa shape index (κ1) is 17.1. The first-order valence-corrected chi connectivity index (χ1v) is 10.8. The van der Waals surface area contributed by atoms with Gasteiger partial charge in [0.15, 0.2) is 0 Å². The van der Waals surface area contributed by atoms with Crippen LogP contribution in [0.5, 0.6) is 0 Å². The van der Waals surface area contributed by atoms with Gasteiger partial charge in [0.25, 0.3) is 0 Å². The van der Waals surface area contributed by atoms with Crippen molar-refractivity contribution in [2.45, 2.75) is 44.2 Å². The molecule has 26 heavy (non-hydrogen) atoms. The maximum atomic E-state index is 12.0. The Kier molecular flexibility index (Phi) is 3.87. The van der Waals surface area contributed by atoms with Gasteiger partial charge in [-0.3, -0.25) is 9.21 Å². The third kappa shape index (κ3) is 2.70. The molecule has 1 aromatic carbocycles. The predicted octanol–water partition coefficient (Wildman–Crippen LogP) is 1.12. The summed E-state index contributed by atoms with van der Waals surface area (Å²) in [5.74, 6) is 0.572. The van der Waals surface area contributed by atoms with Crippen molar-refractivity contribution in [3.05, 3.63) is 23.8 Å². The fraction of sp³-hybridized carbons (Fsp3) is 0.529. The summed E-state index contributed by atoms with van der Waals surface area (Å²) >= 11 is 0. The second-order valence-electron chi connectivity index (χ2n) is 7.22. The highest BCUT2D eigenvalue weighted by molar-refractivity contribution is 7.92. The van der Waals surface area contributed by atoms with Crippen molar-refractivity contribution in [1.82, 2.24) is 0 Å². The van der Waals surface area contributed by atoms with Crippen molar-refractivity contribution < 1.29 is 8.42 Å². The molecular formula is C17H24N6O2S. The molecule has 1 spiro atoms. The summed E-state index contributed by atoms with van der Waals surface area (Å²) in [6, 6.07) is 5.76. The molecule has 1 aliphatic carbocycles. The van der Waals surface area contributed by atoms with Gasteiger partial charge in [-0.25, -0.2) is 13.4 Å². The number of guanidine groups is 2. The van der Waals surface area contributed by atoms with E-state index >= 15 is 0 Å². The Hall–Kier alpha value is -2.29. The molecule has 1 fully saturated rings. The molecule has 0 radical (unpaired) electrons. The normalized spacial score (nSPS) is 22.2. The highest BCUT2D eigenvalue weighted by atomic mass is 32.2. The predicted molar refractivity (Wildman–Crippen MR) is 104 cm³/mol. The highest BCUT2D eigenvalue weighted by Gasteiger charge is 2.43. The van der Waals surface area contributed by atoms with Gasteiger partial charge in [0.2, 0.25) is 21.9 Å². The molecule has 2 heterocycles. The molecule has 4 N–H and O–H groups in total. The molecule has 0 atom stereocenters. The van der Waals surface area contributed by atoms with Crippen LogP contribution in [0.1, 0.15) is 37.7 Å². The quantitative estimate of drug-likeness (QED) is 0.802. The van der Waals surface area contributed by atoms with E-state index in [9.17, 15) is 8.42 Å². The number of nitrogens with zero attached hydrogens (tertiary/aromatic N) is 4. The summed E-state index contributed by atoms with van der Waals surface area (Å²) in [6.07, 6.45) is 6.96. The van der Waals surface area contributed by atoms with Crippen molar-refractivity contribution in [3.63, 3.8) is 0 Å². The zero-order valence-corrected chi connectivity index (χ0v) is 15.7. The minimum Gasteiger partial charge on any atom is -0.369 e. The average molecular weight is 376 g/mol. The highest BCUT2D eigenvalue weighted by Crippen LogP contribution is 2.41. The number of anilines is 2. The SMILES string of the molecule is CS(=O)(=O)N1CCc2cc(N3C(N)=NC(N)=NC34CCCCC4)ccc21. The van der Waals surface area contributed by atoms with E-state index in [0.717, 1.165) is 42.6 Å². The fourth-order valence-corrected chi connectivity index (χ4v) is 5.29. The first-order chi connectivity index (χ1) is 12.3. The minimum absolute atomic E-state index is 0.227. The van der Waals surface area contributed by atoms with E-state index < -0.39 is 15.7 Å². The second-order valence-corrected chi connectivity index (χ2v) is 9.12. The van der Waals surface area contributed by atoms with Crippen LogP contribution in [0.3, 0.4) is 0 Å². The van der Waals surface area contributed by atoms with Crippen LogP contribution in [0, 0.1) is 0 Å². The van der Waals surface area contributed by atoms with Gasteiger partial charge < -0.3 is 11.5 Å². The largest absolute Gasteiger partial charge is 0.369 e. The summed E-state index contributed by atoms with van der Waals surface area (Å²) in [6.45, 7) is 0.470. The summed E-state index contributed by atoms with van der Waals surface area (Å²) < 4.78 is 25.4.